The van der Waals surface area contributed by atoms with Crippen molar-refractivity contribution in [2.75, 3.05) is 6.54 Å². The Morgan fingerprint density at radius 2 is 1.82 bits per heavy atom. The van der Waals surface area contributed by atoms with Crippen LogP contribution < -0.4 is 16.6 Å². The largest absolute Gasteiger partial charge is 0.416 e. The number of nitrogens with zero attached hydrogens (tertiary/aromatic N) is 3. The molecule has 1 fully saturated rings. The molecule has 3 aromatic rings. The number of hydrogen-bond donors (Lipinski definition) is 1. The molecule has 0 saturated heterocycles. The molecule has 1 saturated carbocycles. The number of carbonyl (C=O) groups excluding carboxylic acids is 1. The van der Waals surface area contributed by atoms with Gasteiger partial charge in [-0.05, 0) is 43.0 Å². The fourth-order valence-corrected chi connectivity index (χ4v) is 3.22. The molecular weight excluding hydrogens is 444 g/mol. The van der Waals surface area contributed by atoms with Gasteiger partial charge in [-0.1, -0.05) is 24.3 Å². The monoisotopic (exact) mass is 462 g/mol. The van der Waals surface area contributed by atoms with Crippen molar-refractivity contribution in [1.29, 1.82) is 0 Å². The molecule has 0 spiro atoms. The third-order valence-corrected chi connectivity index (χ3v) is 5.23. The molecule has 0 radical (unpaired) electrons. The first kappa shape index (κ1) is 22.4. The molecule has 1 aliphatic rings. The zero-order valence-electron chi connectivity index (χ0n) is 17.1. The van der Waals surface area contributed by atoms with Gasteiger partial charge in [-0.25, -0.2) is 9.18 Å². The smallest absolute Gasteiger partial charge is 0.350 e. The quantitative estimate of drug-likeness (QED) is 0.571. The summed E-state index contributed by atoms with van der Waals surface area (Å²) >= 11 is 0. The Kier molecular flexibility index (Phi) is 5.88. The minimum absolute atomic E-state index is 0.0113. The molecule has 172 valence electrons. The lowest BCUT2D eigenvalue weighted by Gasteiger charge is -2.14. The van der Waals surface area contributed by atoms with Gasteiger partial charge >= 0.3 is 11.9 Å². The summed E-state index contributed by atoms with van der Waals surface area (Å²) in [5.74, 6) is -1.27. The van der Waals surface area contributed by atoms with Crippen LogP contribution in [0.2, 0.25) is 0 Å². The number of halogens is 4. The van der Waals surface area contributed by atoms with Gasteiger partial charge in [-0.3, -0.25) is 14.2 Å². The van der Waals surface area contributed by atoms with Crippen molar-refractivity contribution in [2.24, 2.45) is 5.92 Å². The lowest BCUT2D eigenvalue weighted by Crippen LogP contribution is -2.46. The summed E-state index contributed by atoms with van der Waals surface area (Å²) in [6.07, 6.45) is -2.84. The Balaban J connectivity index is 1.86. The molecule has 11 heteroatoms. The summed E-state index contributed by atoms with van der Waals surface area (Å²) < 4.78 is 54.8. The topological polar surface area (TPSA) is 86.0 Å². The van der Waals surface area contributed by atoms with Crippen molar-refractivity contribution < 1.29 is 22.4 Å². The summed E-state index contributed by atoms with van der Waals surface area (Å²) in [5.41, 5.74) is -4.21. The van der Waals surface area contributed by atoms with Crippen molar-refractivity contribution in [2.45, 2.75) is 25.6 Å². The second kappa shape index (κ2) is 8.64. The summed E-state index contributed by atoms with van der Waals surface area (Å²) in [4.78, 5) is 38.6. The normalized spacial score (nSPS) is 13.7. The van der Waals surface area contributed by atoms with Crippen LogP contribution in [0, 0.1) is 11.7 Å². The van der Waals surface area contributed by atoms with Crippen molar-refractivity contribution in [1.82, 2.24) is 19.7 Å². The van der Waals surface area contributed by atoms with Gasteiger partial charge in [-0.2, -0.15) is 23.0 Å². The van der Waals surface area contributed by atoms with Gasteiger partial charge in [0.25, 0.3) is 11.5 Å². The average Bonchev–Trinajstić information content (AvgIpc) is 3.60. The Bertz CT molecular complexity index is 1330. The highest BCUT2D eigenvalue weighted by Gasteiger charge is 2.31. The van der Waals surface area contributed by atoms with Crippen LogP contribution in [0.25, 0.3) is 5.69 Å². The molecule has 1 heterocycles. The molecular formula is C22H18F4N4O3. The first-order valence-corrected chi connectivity index (χ1v) is 10.1. The predicted octanol–water partition coefficient (Wildman–Crippen LogP) is 2.74. The maximum atomic E-state index is 14.2. The lowest BCUT2D eigenvalue weighted by atomic mass is 10.2. The summed E-state index contributed by atoms with van der Waals surface area (Å²) in [7, 11) is 0. The van der Waals surface area contributed by atoms with Crippen LogP contribution >= 0.6 is 0 Å². The number of amides is 1. The molecule has 4 rings (SSSR count). The van der Waals surface area contributed by atoms with E-state index in [-0.39, 0.29) is 17.2 Å². The fourth-order valence-electron chi connectivity index (χ4n) is 3.22. The van der Waals surface area contributed by atoms with Crippen molar-refractivity contribution in [3.63, 3.8) is 0 Å². The Morgan fingerprint density at radius 3 is 2.48 bits per heavy atom. The molecule has 0 unspecified atom stereocenters. The minimum atomic E-state index is -4.69. The highest BCUT2D eigenvalue weighted by Crippen LogP contribution is 2.30. The molecule has 0 atom stereocenters. The molecule has 1 N–H and O–H groups in total. The zero-order valence-corrected chi connectivity index (χ0v) is 17.1. The summed E-state index contributed by atoms with van der Waals surface area (Å²) in [5, 5.41) is 6.34. The maximum absolute atomic E-state index is 14.2. The predicted molar refractivity (Wildman–Crippen MR) is 110 cm³/mol. The van der Waals surface area contributed by atoms with Gasteiger partial charge in [0.15, 0.2) is 0 Å². The number of rotatable bonds is 6. The second-order valence-corrected chi connectivity index (χ2v) is 7.73. The van der Waals surface area contributed by atoms with Crippen LogP contribution in [0.5, 0.6) is 0 Å². The van der Waals surface area contributed by atoms with E-state index < -0.39 is 47.0 Å². The van der Waals surface area contributed by atoms with Crippen LogP contribution in [0.1, 0.15) is 34.5 Å². The lowest BCUT2D eigenvalue weighted by molar-refractivity contribution is -0.137. The first-order chi connectivity index (χ1) is 15.6. The minimum Gasteiger partial charge on any atom is -0.350 e. The molecule has 1 aromatic heterocycles. The third-order valence-electron chi connectivity index (χ3n) is 5.23. The highest BCUT2D eigenvalue weighted by atomic mass is 19.4. The zero-order chi connectivity index (χ0) is 23.8. The number of benzene rings is 2. The second-order valence-electron chi connectivity index (χ2n) is 7.73. The summed E-state index contributed by atoms with van der Waals surface area (Å²) in [6, 6.07) is 9.16. The Morgan fingerprint density at radius 1 is 1.09 bits per heavy atom. The Hall–Kier alpha value is -3.76. The number of alkyl halides is 3. The fraction of sp³-hybridized carbons (Fsp3) is 0.273. The molecule has 33 heavy (non-hydrogen) atoms. The van der Waals surface area contributed by atoms with E-state index in [2.05, 4.69) is 10.4 Å². The van der Waals surface area contributed by atoms with Gasteiger partial charge in [-0.15, -0.1) is 0 Å². The molecule has 1 amide bonds. The van der Waals surface area contributed by atoms with Gasteiger partial charge in [0.2, 0.25) is 5.69 Å². The number of carbonyl (C=O) groups is 1. The molecule has 2 aromatic carbocycles. The maximum Gasteiger partial charge on any atom is 0.416 e. The molecule has 0 bridgehead atoms. The van der Waals surface area contributed by atoms with Crippen LogP contribution in [0.3, 0.4) is 0 Å². The van der Waals surface area contributed by atoms with Crippen molar-refractivity contribution in [3.05, 3.63) is 92.0 Å². The van der Waals surface area contributed by atoms with E-state index >= 15 is 0 Å². The summed E-state index contributed by atoms with van der Waals surface area (Å²) in [6.45, 7) is -0.231. The van der Waals surface area contributed by atoms with E-state index in [0.717, 1.165) is 31.0 Å². The number of hydrogen-bond acceptors (Lipinski definition) is 4. The van der Waals surface area contributed by atoms with E-state index in [1.807, 2.05) is 0 Å². The van der Waals surface area contributed by atoms with Gasteiger partial charge in [0.1, 0.15) is 5.82 Å². The van der Waals surface area contributed by atoms with E-state index in [1.165, 1.54) is 24.3 Å². The van der Waals surface area contributed by atoms with Gasteiger partial charge < -0.3 is 5.32 Å². The average molecular weight is 462 g/mol. The third kappa shape index (κ3) is 4.86. The van der Waals surface area contributed by atoms with Gasteiger partial charge in [0.05, 0.1) is 17.8 Å². The van der Waals surface area contributed by atoms with E-state index in [0.29, 0.717) is 21.9 Å². The first-order valence-electron chi connectivity index (χ1n) is 10.1. The van der Waals surface area contributed by atoms with Crippen LogP contribution in [-0.4, -0.2) is 26.8 Å². The molecule has 0 aliphatic heterocycles. The highest BCUT2D eigenvalue weighted by molar-refractivity contribution is 5.91. The Labute approximate surface area is 184 Å². The van der Waals surface area contributed by atoms with E-state index in [1.54, 1.807) is 0 Å². The van der Waals surface area contributed by atoms with Crippen LogP contribution in [0.4, 0.5) is 17.6 Å². The SMILES string of the molecule is O=C(NCC1CC1)c1nn(-c2cccc(C(F)(F)F)c2)c(=O)n(Cc2ccccc2F)c1=O. The molecule has 7 nitrogen and oxygen atoms in total. The van der Waals surface area contributed by atoms with Crippen LogP contribution in [0.15, 0.2) is 58.1 Å². The number of nitrogens with one attached hydrogen (secondary N) is 1. The van der Waals surface area contributed by atoms with E-state index in [9.17, 15) is 31.9 Å². The van der Waals surface area contributed by atoms with Crippen LogP contribution in [-0.2, 0) is 12.7 Å². The van der Waals surface area contributed by atoms with E-state index in [4.69, 9.17) is 0 Å². The van der Waals surface area contributed by atoms with Crippen molar-refractivity contribution >= 4 is 5.91 Å². The molecule has 1 aliphatic carbocycles. The van der Waals surface area contributed by atoms with Crippen molar-refractivity contribution in [3.8, 4) is 5.69 Å². The number of aromatic nitrogens is 3. The van der Waals surface area contributed by atoms with Gasteiger partial charge in [0, 0.05) is 12.1 Å². The standard InChI is InChI=1S/C22H18F4N4O3/c23-17-7-2-1-4-14(17)12-29-20(32)18(19(31)27-11-13-8-9-13)28-30(21(29)33)16-6-3-5-15(10-16)22(24,25)26/h1-7,10,13H,8-9,11-12H2,(H,27,31).